The molecule has 0 bridgehead atoms. The molecule has 0 saturated carbocycles. The lowest BCUT2D eigenvalue weighted by Crippen LogP contribution is -2.51. The van der Waals surface area contributed by atoms with E-state index >= 15 is 0 Å². The van der Waals surface area contributed by atoms with Crippen LogP contribution >= 0.6 is 35.1 Å². The van der Waals surface area contributed by atoms with Crippen LogP contribution in [0.15, 0.2) is 21.7 Å². The molecule has 1 aliphatic rings. The summed E-state index contributed by atoms with van der Waals surface area (Å²) < 4.78 is 27.5. The number of piperazine rings is 1. The van der Waals surface area contributed by atoms with Crippen LogP contribution in [0.4, 0.5) is 0 Å². The van der Waals surface area contributed by atoms with Crippen molar-refractivity contribution in [2.75, 3.05) is 19.6 Å². The molecule has 122 valence electrons. The van der Waals surface area contributed by atoms with Gasteiger partial charge < -0.3 is 5.32 Å². The number of thiophene rings is 1. The van der Waals surface area contributed by atoms with E-state index in [2.05, 4.69) is 10.3 Å². The largest absolute Gasteiger partial charge is 0.314 e. The van der Waals surface area contributed by atoms with Gasteiger partial charge in [-0.1, -0.05) is 0 Å². The van der Waals surface area contributed by atoms with E-state index in [1.807, 2.05) is 25.3 Å². The molecule has 3 heterocycles. The van der Waals surface area contributed by atoms with E-state index < -0.39 is 10.0 Å². The normalized spacial score (nSPS) is 19.8. The van der Waals surface area contributed by atoms with E-state index in [0.717, 1.165) is 15.6 Å². The molecule has 1 aliphatic heterocycles. The fourth-order valence-electron chi connectivity index (χ4n) is 2.37. The molecular weight excluding hydrogens is 362 g/mol. The number of thiazole rings is 1. The number of rotatable bonds is 3. The molecule has 0 amide bonds. The lowest BCUT2D eigenvalue weighted by Gasteiger charge is -2.32. The highest BCUT2D eigenvalue weighted by Gasteiger charge is 2.32. The third-order valence-electron chi connectivity index (χ3n) is 3.46. The molecule has 22 heavy (non-hydrogen) atoms. The summed E-state index contributed by atoms with van der Waals surface area (Å²) in [5, 5.41) is 6.16. The second kappa shape index (κ2) is 6.94. The van der Waals surface area contributed by atoms with Crippen molar-refractivity contribution in [1.29, 1.82) is 0 Å². The molecule has 1 unspecified atom stereocenters. The number of aryl methyl sites for hydroxylation is 1. The van der Waals surface area contributed by atoms with Gasteiger partial charge in [-0.15, -0.1) is 35.1 Å². The third kappa shape index (κ3) is 3.37. The maximum atomic E-state index is 12.7. The van der Waals surface area contributed by atoms with Gasteiger partial charge in [0.1, 0.15) is 4.21 Å². The van der Waals surface area contributed by atoms with E-state index in [9.17, 15) is 8.42 Å². The zero-order chi connectivity index (χ0) is 15.0. The molecule has 2 aromatic heterocycles. The minimum Gasteiger partial charge on any atom is -0.314 e. The summed E-state index contributed by atoms with van der Waals surface area (Å²) in [6.07, 6.45) is 0. The van der Waals surface area contributed by atoms with Crippen molar-refractivity contribution in [3.63, 3.8) is 0 Å². The second-order valence-corrected chi connectivity index (χ2v) is 9.30. The summed E-state index contributed by atoms with van der Waals surface area (Å²) in [5.74, 6) is 0. The van der Waals surface area contributed by atoms with E-state index in [-0.39, 0.29) is 18.4 Å². The average Bonchev–Trinajstić information content (AvgIpc) is 3.07. The van der Waals surface area contributed by atoms with Crippen LogP contribution in [-0.4, -0.2) is 43.4 Å². The van der Waals surface area contributed by atoms with Crippen molar-refractivity contribution < 1.29 is 8.42 Å². The first-order chi connectivity index (χ1) is 9.98. The summed E-state index contributed by atoms with van der Waals surface area (Å²) in [4.78, 5) is 5.32. The van der Waals surface area contributed by atoms with E-state index in [1.165, 1.54) is 11.3 Å². The predicted molar refractivity (Wildman–Crippen MR) is 93.6 cm³/mol. The van der Waals surface area contributed by atoms with Gasteiger partial charge in [0.25, 0.3) is 10.0 Å². The number of nitrogens with zero attached hydrogens (tertiary/aromatic N) is 2. The quantitative estimate of drug-likeness (QED) is 0.890. The SMILES string of the molecule is Cc1nc(-c2ccc(S(=O)(=O)N3CCNCC3C)s2)cs1.Cl. The van der Waals surface area contributed by atoms with Gasteiger partial charge in [-0.05, 0) is 26.0 Å². The van der Waals surface area contributed by atoms with Crippen molar-refractivity contribution in [2.45, 2.75) is 24.1 Å². The van der Waals surface area contributed by atoms with Gasteiger partial charge in [0.05, 0.1) is 15.6 Å². The average molecular weight is 380 g/mol. The molecular formula is C13H18ClN3O2S3. The van der Waals surface area contributed by atoms with E-state index in [4.69, 9.17) is 0 Å². The Labute approximate surface area is 144 Å². The van der Waals surface area contributed by atoms with Crippen LogP contribution in [0.3, 0.4) is 0 Å². The molecule has 1 atom stereocenters. The molecule has 0 aromatic carbocycles. The Hall–Kier alpha value is -0.510. The smallest absolute Gasteiger partial charge is 0.252 e. The summed E-state index contributed by atoms with van der Waals surface area (Å²) in [6, 6.07) is 3.52. The number of nitrogens with one attached hydrogen (secondary N) is 1. The minimum absolute atomic E-state index is 0. The van der Waals surface area contributed by atoms with Crippen LogP contribution in [0.25, 0.3) is 10.6 Å². The van der Waals surface area contributed by atoms with Gasteiger partial charge in [-0.2, -0.15) is 4.31 Å². The maximum absolute atomic E-state index is 12.7. The first-order valence-electron chi connectivity index (χ1n) is 6.73. The molecule has 0 aliphatic carbocycles. The Morgan fingerprint density at radius 2 is 2.18 bits per heavy atom. The molecule has 1 saturated heterocycles. The zero-order valence-electron chi connectivity index (χ0n) is 12.3. The topological polar surface area (TPSA) is 62.3 Å². The zero-order valence-corrected chi connectivity index (χ0v) is 15.5. The number of sulfonamides is 1. The Morgan fingerprint density at radius 1 is 1.41 bits per heavy atom. The first-order valence-corrected chi connectivity index (χ1v) is 9.87. The summed E-state index contributed by atoms with van der Waals surface area (Å²) in [6.45, 7) is 5.80. The standard InChI is InChI=1S/C13H17N3O2S3.ClH/c1-9-7-14-5-6-16(9)21(17,18)13-4-3-12(20-13)11-8-19-10(2)15-11;/h3-4,8-9,14H,5-7H2,1-2H3;1H. The Bertz CT molecular complexity index is 741. The van der Waals surface area contributed by atoms with Gasteiger partial charge in [0.15, 0.2) is 0 Å². The lowest BCUT2D eigenvalue weighted by atomic mass is 10.3. The monoisotopic (exact) mass is 379 g/mol. The van der Waals surface area contributed by atoms with Crippen molar-refractivity contribution >= 4 is 45.1 Å². The molecule has 0 spiro atoms. The lowest BCUT2D eigenvalue weighted by molar-refractivity contribution is 0.284. The van der Waals surface area contributed by atoms with Gasteiger partial charge >= 0.3 is 0 Å². The van der Waals surface area contributed by atoms with Gasteiger partial charge in [-0.3, -0.25) is 0 Å². The van der Waals surface area contributed by atoms with Crippen LogP contribution in [0.5, 0.6) is 0 Å². The molecule has 1 N–H and O–H groups in total. The number of hydrogen-bond donors (Lipinski definition) is 1. The fourth-order valence-corrected chi connectivity index (χ4v) is 6.08. The Morgan fingerprint density at radius 3 is 2.82 bits per heavy atom. The van der Waals surface area contributed by atoms with Gasteiger partial charge in [-0.25, -0.2) is 13.4 Å². The van der Waals surface area contributed by atoms with E-state index in [0.29, 0.717) is 23.8 Å². The molecule has 0 radical (unpaired) electrons. The Kier molecular flexibility index (Phi) is 5.63. The highest BCUT2D eigenvalue weighted by atomic mass is 35.5. The molecule has 5 nitrogen and oxygen atoms in total. The van der Waals surface area contributed by atoms with Gasteiger partial charge in [0, 0.05) is 31.1 Å². The van der Waals surface area contributed by atoms with Crippen LogP contribution in [-0.2, 0) is 10.0 Å². The molecule has 1 fully saturated rings. The van der Waals surface area contributed by atoms with Crippen molar-refractivity contribution in [3.05, 3.63) is 22.5 Å². The summed E-state index contributed by atoms with van der Waals surface area (Å²) in [7, 11) is -3.40. The number of halogens is 1. The van der Waals surface area contributed by atoms with Crippen LogP contribution < -0.4 is 5.32 Å². The molecule has 3 rings (SSSR count). The van der Waals surface area contributed by atoms with Crippen LogP contribution in [0.1, 0.15) is 11.9 Å². The fraction of sp³-hybridized carbons (Fsp3) is 0.462. The number of aromatic nitrogens is 1. The minimum atomic E-state index is -3.40. The summed E-state index contributed by atoms with van der Waals surface area (Å²) >= 11 is 2.87. The first kappa shape index (κ1) is 17.8. The highest BCUT2D eigenvalue weighted by molar-refractivity contribution is 7.91. The van der Waals surface area contributed by atoms with Gasteiger partial charge in [0.2, 0.25) is 0 Å². The highest BCUT2D eigenvalue weighted by Crippen LogP contribution is 2.33. The Balaban J connectivity index is 0.00000176. The summed E-state index contributed by atoms with van der Waals surface area (Å²) in [5.41, 5.74) is 0.859. The van der Waals surface area contributed by atoms with Crippen molar-refractivity contribution in [3.8, 4) is 10.6 Å². The number of hydrogen-bond acceptors (Lipinski definition) is 6. The van der Waals surface area contributed by atoms with Crippen molar-refractivity contribution in [1.82, 2.24) is 14.6 Å². The van der Waals surface area contributed by atoms with Crippen molar-refractivity contribution in [2.24, 2.45) is 0 Å². The van der Waals surface area contributed by atoms with E-state index in [1.54, 1.807) is 21.7 Å². The third-order valence-corrected chi connectivity index (χ3v) is 7.82. The predicted octanol–water partition coefficient (Wildman–Crippen LogP) is 2.58. The van der Waals surface area contributed by atoms with Crippen LogP contribution in [0.2, 0.25) is 0 Å². The maximum Gasteiger partial charge on any atom is 0.252 e. The van der Waals surface area contributed by atoms with Crippen LogP contribution in [0, 0.1) is 6.92 Å². The molecule has 2 aromatic rings. The molecule has 9 heteroatoms. The second-order valence-electron chi connectivity index (χ2n) is 5.04.